The molecule has 0 aliphatic heterocycles. The van der Waals surface area contributed by atoms with Crippen LogP contribution in [0.2, 0.25) is 0 Å². The molecule has 0 radical (unpaired) electrons. The molecular weight excluding hydrogens is 596 g/mol. The SMILES string of the molecule is CSc1ncc(-c2cn(CCCCCC(=O)N[C@@H](CCCCNC(=O)OC(C)(C)C)C(=O)Nc3ccc(CO)cc3)nn2)cn1. The number of aryl methyl sites for hydroxylation is 1. The zero-order valence-corrected chi connectivity index (χ0v) is 27.2. The molecule has 2 heterocycles. The number of alkyl carbamates (subject to hydrolysis) is 1. The lowest BCUT2D eigenvalue weighted by Crippen LogP contribution is -2.43. The Bertz CT molecular complexity index is 1360. The Kier molecular flexibility index (Phi) is 14.2. The average Bonchev–Trinajstić information content (AvgIpc) is 3.48. The number of rotatable bonds is 17. The fraction of sp³-hybridized carbons (Fsp3) is 0.516. The number of thioether (sulfide) groups is 1. The van der Waals surface area contributed by atoms with Crippen molar-refractivity contribution in [1.82, 2.24) is 35.6 Å². The van der Waals surface area contributed by atoms with Crippen molar-refractivity contribution in [2.75, 3.05) is 18.1 Å². The van der Waals surface area contributed by atoms with Crippen LogP contribution in [0.3, 0.4) is 0 Å². The van der Waals surface area contributed by atoms with Crippen molar-refractivity contribution in [3.63, 3.8) is 0 Å². The standard InChI is InChI=1S/C31H44N8O5S/c1-31(2,3)44-30(43)32-16-8-7-10-25(28(42)35-24-14-12-22(21-40)13-15-24)36-27(41)11-6-5-9-17-39-20-26(37-38-39)23-18-33-29(45-4)34-19-23/h12-15,18-20,25,40H,5-11,16-17,21H2,1-4H3,(H,32,43)(H,35,42)(H,36,41)/t25-/m0/s1. The second kappa shape index (κ2) is 18.1. The van der Waals surface area contributed by atoms with Gasteiger partial charge in [0, 0.05) is 43.2 Å². The molecule has 0 bridgehead atoms. The van der Waals surface area contributed by atoms with Crippen molar-refractivity contribution < 1.29 is 24.2 Å². The summed E-state index contributed by atoms with van der Waals surface area (Å²) in [6.07, 6.45) is 10.9. The van der Waals surface area contributed by atoms with Crippen LogP contribution in [-0.2, 0) is 27.5 Å². The van der Waals surface area contributed by atoms with Crippen LogP contribution in [0.5, 0.6) is 0 Å². The molecule has 4 N–H and O–H groups in total. The highest BCUT2D eigenvalue weighted by molar-refractivity contribution is 7.98. The molecule has 0 saturated carbocycles. The fourth-order valence-corrected chi connectivity index (χ4v) is 4.58. The molecule has 2 aromatic heterocycles. The predicted octanol–water partition coefficient (Wildman–Crippen LogP) is 4.33. The molecule has 0 unspecified atom stereocenters. The predicted molar refractivity (Wildman–Crippen MR) is 172 cm³/mol. The summed E-state index contributed by atoms with van der Waals surface area (Å²) in [7, 11) is 0. The monoisotopic (exact) mass is 640 g/mol. The Balaban J connectivity index is 1.43. The molecule has 3 amide bonds. The number of hydrogen-bond donors (Lipinski definition) is 4. The van der Waals surface area contributed by atoms with E-state index in [0.29, 0.717) is 55.3 Å². The molecule has 0 aliphatic carbocycles. The van der Waals surface area contributed by atoms with E-state index in [2.05, 4.69) is 36.2 Å². The summed E-state index contributed by atoms with van der Waals surface area (Å²) in [6, 6.07) is 6.13. The molecule has 0 fully saturated rings. The minimum absolute atomic E-state index is 0.0909. The highest BCUT2D eigenvalue weighted by atomic mass is 32.2. The normalized spacial score (nSPS) is 11.9. The van der Waals surface area contributed by atoms with E-state index in [0.717, 1.165) is 24.0 Å². The number of hydrogen-bond acceptors (Lipinski definition) is 10. The molecule has 14 heteroatoms. The largest absolute Gasteiger partial charge is 0.444 e. The topological polar surface area (TPSA) is 173 Å². The van der Waals surface area contributed by atoms with Crippen LogP contribution in [0.25, 0.3) is 11.3 Å². The first-order valence-electron chi connectivity index (χ1n) is 15.1. The number of nitrogens with one attached hydrogen (secondary N) is 3. The molecule has 1 aromatic carbocycles. The Labute approximate surface area is 268 Å². The van der Waals surface area contributed by atoms with Crippen molar-refractivity contribution in [3.05, 3.63) is 48.4 Å². The molecule has 0 aliphatic rings. The van der Waals surface area contributed by atoms with Gasteiger partial charge in [0.05, 0.1) is 12.8 Å². The number of aliphatic hydroxyl groups excluding tert-OH is 1. The minimum atomic E-state index is -0.737. The summed E-state index contributed by atoms with van der Waals surface area (Å²) in [5.41, 5.74) is 2.23. The zero-order valence-electron chi connectivity index (χ0n) is 26.4. The first kappa shape index (κ1) is 35.4. The Morgan fingerprint density at radius 3 is 2.42 bits per heavy atom. The third kappa shape index (κ3) is 13.2. The van der Waals surface area contributed by atoms with Crippen LogP contribution in [0.4, 0.5) is 10.5 Å². The number of carbonyl (C=O) groups excluding carboxylic acids is 3. The van der Waals surface area contributed by atoms with E-state index in [9.17, 15) is 19.5 Å². The number of benzene rings is 1. The number of ether oxygens (including phenoxy) is 1. The van der Waals surface area contributed by atoms with Gasteiger partial charge in [-0.15, -0.1) is 5.10 Å². The molecule has 0 spiro atoms. The summed E-state index contributed by atoms with van der Waals surface area (Å²) in [4.78, 5) is 46.3. The molecular formula is C31H44N8O5S. The maximum atomic E-state index is 13.1. The van der Waals surface area contributed by atoms with Crippen LogP contribution in [0.1, 0.15) is 71.3 Å². The van der Waals surface area contributed by atoms with E-state index in [1.165, 1.54) is 11.8 Å². The number of amides is 3. The van der Waals surface area contributed by atoms with E-state index in [1.807, 2.05) is 12.5 Å². The third-order valence-electron chi connectivity index (χ3n) is 6.58. The zero-order chi connectivity index (χ0) is 32.7. The van der Waals surface area contributed by atoms with Gasteiger partial charge in [0.25, 0.3) is 0 Å². The van der Waals surface area contributed by atoms with Gasteiger partial charge < -0.3 is 25.8 Å². The smallest absolute Gasteiger partial charge is 0.407 e. The van der Waals surface area contributed by atoms with Crippen LogP contribution in [0, 0.1) is 0 Å². The maximum Gasteiger partial charge on any atom is 0.407 e. The van der Waals surface area contributed by atoms with Crippen LogP contribution < -0.4 is 16.0 Å². The molecule has 1 atom stereocenters. The quantitative estimate of drug-likeness (QED) is 0.0945. The number of nitrogens with zero attached hydrogens (tertiary/aromatic N) is 5. The van der Waals surface area contributed by atoms with Gasteiger partial charge in [-0.25, -0.2) is 14.8 Å². The summed E-state index contributed by atoms with van der Waals surface area (Å²) in [6.45, 7) is 6.36. The lowest BCUT2D eigenvalue weighted by Gasteiger charge is -2.20. The van der Waals surface area contributed by atoms with Crippen LogP contribution in [-0.4, -0.2) is 72.4 Å². The van der Waals surface area contributed by atoms with E-state index >= 15 is 0 Å². The fourth-order valence-electron chi connectivity index (χ4n) is 4.27. The lowest BCUT2D eigenvalue weighted by atomic mass is 10.1. The number of aromatic nitrogens is 5. The number of anilines is 1. The number of aliphatic hydroxyl groups is 1. The molecule has 3 aromatic rings. The summed E-state index contributed by atoms with van der Waals surface area (Å²) >= 11 is 1.47. The van der Waals surface area contributed by atoms with E-state index in [-0.39, 0.29) is 24.8 Å². The number of unbranched alkanes of at least 4 members (excludes halogenated alkanes) is 3. The van der Waals surface area contributed by atoms with Gasteiger partial charge in [0.1, 0.15) is 17.3 Å². The van der Waals surface area contributed by atoms with Crippen LogP contribution in [0.15, 0.2) is 48.0 Å². The number of carbonyl (C=O) groups is 3. The van der Waals surface area contributed by atoms with Crippen molar-refractivity contribution >= 4 is 35.4 Å². The van der Waals surface area contributed by atoms with Crippen LogP contribution >= 0.6 is 11.8 Å². The Morgan fingerprint density at radius 2 is 1.76 bits per heavy atom. The molecule has 0 saturated heterocycles. The van der Waals surface area contributed by atoms with E-state index < -0.39 is 17.7 Å². The van der Waals surface area contributed by atoms with Gasteiger partial charge in [0.2, 0.25) is 11.8 Å². The lowest BCUT2D eigenvalue weighted by molar-refractivity contribution is -0.126. The van der Waals surface area contributed by atoms with Crippen molar-refractivity contribution in [2.45, 2.75) is 95.7 Å². The molecule has 13 nitrogen and oxygen atoms in total. The molecule has 3 rings (SSSR count). The van der Waals surface area contributed by atoms with Gasteiger partial charge in [-0.3, -0.25) is 14.3 Å². The van der Waals surface area contributed by atoms with Crippen molar-refractivity contribution in [1.29, 1.82) is 0 Å². The highest BCUT2D eigenvalue weighted by Crippen LogP contribution is 2.17. The first-order chi connectivity index (χ1) is 21.6. The second-order valence-electron chi connectivity index (χ2n) is 11.5. The minimum Gasteiger partial charge on any atom is -0.444 e. The van der Waals surface area contributed by atoms with Gasteiger partial charge in [-0.2, -0.15) is 0 Å². The van der Waals surface area contributed by atoms with E-state index in [4.69, 9.17) is 4.74 Å². The van der Waals surface area contributed by atoms with Crippen molar-refractivity contribution in [2.24, 2.45) is 0 Å². The van der Waals surface area contributed by atoms with Gasteiger partial charge >= 0.3 is 6.09 Å². The summed E-state index contributed by atoms with van der Waals surface area (Å²) in [5.74, 6) is -0.523. The summed E-state index contributed by atoms with van der Waals surface area (Å²) < 4.78 is 7.01. The maximum absolute atomic E-state index is 13.1. The molecule has 45 heavy (non-hydrogen) atoms. The third-order valence-corrected chi connectivity index (χ3v) is 7.16. The average molecular weight is 641 g/mol. The highest BCUT2D eigenvalue weighted by Gasteiger charge is 2.21. The summed E-state index contributed by atoms with van der Waals surface area (Å²) in [5, 5.41) is 26.8. The van der Waals surface area contributed by atoms with Gasteiger partial charge in [0.15, 0.2) is 5.16 Å². The van der Waals surface area contributed by atoms with Crippen molar-refractivity contribution in [3.8, 4) is 11.3 Å². The Morgan fingerprint density at radius 1 is 1.02 bits per heavy atom. The second-order valence-corrected chi connectivity index (χ2v) is 12.3. The van der Waals surface area contributed by atoms with Gasteiger partial charge in [-0.05, 0) is 76.8 Å². The molecule has 244 valence electrons. The van der Waals surface area contributed by atoms with E-state index in [1.54, 1.807) is 62.1 Å². The first-order valence-corrected chi connectivity index (χ1v) is 16.3. The Hall–Kier alpha value is -4.04. The van der Waals surface area contributed by atoms with Gasteiger partial charge in [-0.1, -0.05) is 35.5 Å².